The van der Waals surface area contributed by atoms with E-state index in [9.17, 15) is 0 Å². The fraction of sp³-hybridized carbons (Fsp3) is 0.538. The first-order valence-corrected chi connectivity index (χ1v) is 6.13. The molecule has 0 radical (unpaired) electrons. The van der Waals surface area contributed by atoms with Gasteiger partial charge in [0.2, 0.25) is 0 Å². The van der Waals surface area contributed by atoms with E-state index in [2.05, 4.69) is 12.2 Å². The zero-order valence-electron chi connectivity index (χ0n) is 10.6. The number of nitrogens with one attached hydrogen (secondary N) is 1. The molecule has 96 valence electrons. The second-order valence-electron chi connectivity index (χ2n) is 3.90. The predicted octanol–water partition coefficient (Wildman–Crippen LogP) is 2.86. The summed E-state index contributed by atoms with van der Waals surface area (Å²) in [6.07, 6.45) is 1.02. The minimum Gasteiger partial charge on any atom is -0.496 e. The Morgan fingerprint density at radius 2 is 2.12 bits per heavy atom. The maximum absolute atomic E-state index is 5.98. The number of hydrogen-bond donors (Lipinski definition) is 1. The lowest BCUT2D eigenvalue weighted by Gasteiger charge is -2.17. The molecule has 0 bridgehead atoms. The van der Waals surface area contributed by atoms with Crippen molar-refractivity contribution in [3.8, 4) is 5.75 Å². The van der Waals surface area contributed by atoms with E-state index in [4.69, 9.17) is 21.1 Å². The molecule has 4 heteroatoms. The van der Waals surface area contributed by atoms with E-state index in [-0.39, 0.29) is 0 Å². The van der Waals surface area contributed by atoms with E-state index in [1.807, 2.05) is 18.2 Å². The van der Waals surface area contributed by atoms with Gasteiger partial charge in [-0.25, -0.2) is 0 Å². The molecule has 0 saturated carbocycles. The molecule has 0 amide bonds. The van der Waals surface area contributed by atoms with Crippen LogP contribution in [0.3, 0.4) is 0 Å². The molecular weight excluding hydrogens is 238 g/mol. The molecule has 0 aliphatic carbocycles. The second kappa shape index (κ2) is 7.54. The van der Waals surface area contributed by atoms with Gasteiger partial charge in [-0.2, -0.15) is 0 Å². The van der Waals surface area contributed by atoms with Crippen LogP contribution >= 0.6 is 11.6 Å². The third kappa shape index (κ3) is 4.54. The summed E-state index contributed by atoms with van der Waals surface area (Å²) in [6, 6.07) is 5.99. The average molecular weight is 258 g/mol. The van der Waals surface area contributed by atoms with Gasteiger partial charge in [0, 0.05) is 30.3 Å². The first-order valence-electron chi connectivity index (χ1n) is 5.76. The van der Waals surface area contributed by atoms with Gasteiger partial charge in [-0.15, -0.1) is 0 Å². The van der Waals surface area contributed by atoms with Crippen molar-refractivity contribution in [3.05, 3.63) is 28.8 Å². The van der Waals surface area contributed by atoms with Gasteiger partial charge in [0.15, 0.2) is 0 Å². The molecule has 1 atom stereocenters. The Bertz CT molecular complexity index is 344. The zero-order valence-corrected chi connectivity index (χ0v) is 11.4. The number of methoxy groups -OCH3 is 2. The quantitative estimate of drug-likeness (QED) is 0.815. The van der Waals surface area contributed by atoms with Gasteiger partial charge in [-0.3, -0.25) is 0 Å². The molecule has 1 aromatic carbocycles. The van der Waals surface area contributed by atoms with Gasteiger partial charge in [0.1, 0.15) is 5.75 Å². The molecule has 0 saturated heterocycles. The summed E-state index contributed by atoms with van der Waals surface area (Å²) in [4.78, 5) is 0. The second-order valence-corrected chi connectivity index (χ2v) is 4.33. The van der Waals surface area contributed by atoms with Gasteiger partial charge >= 0.3 is 0 Å². The highest BCUT2D eigenvalue weighted by Crippen LogP contribution is 2.22. The molecule has 3 nitrogen and oxygen atoms in total. The van der Waals surface area contributed by atoms with Crippen molar-refractivity contribution in [1.29, 1.82) is 0 Å². The zero-order chi connectivity index (χ0) is 12.7. The molecule has 1 aromatic rings. The van der Waals surface area contributed by atoms with Crippen LogP contribution in [0.15, 0.2) is 18.2 Å². The monoisotopic (exact) mass is 257 g/mol. The van der Waals surface area contributed by atoms with Crippen molar-refractivity contribution < 1.29 is 9.47 Å². The van der Waals surface area contributed by atoms with Gasteiger partial charge in [-0.1, -0.05) is 18.5 Å². The molecular formula is C13H20ClNO2. The van der Waals surface area contributed by atoms with E-state index in [1.165, 1.54) is 0 Å². The highest BCUT2D eigenvalue weighted by Gasteiger charge is 2.08. The normalized spacial score (nSPS) is 12.5. The van der Waals surface area contributed by atoms with Crippen molar-refractivity contribution in [2.24, 2.45) is 0 Å². The maximum Gasteiger partial charge on any atom is 0.123 e. The van der Waals surface area contributed by atoms with Crippen molar-refractivity contribution >= 4 is 11.6 Å². The van der Waals surface area contributed by atoms with E-state index in [0.717, 1.165) is 29.3 Å². The molecule has 1 unspecified atom stereocenters. The average Bonchev–Trinajstić information content (AvgIpc) is 2.34. The van der Waals surface area contributed by atoms with Crippen LogP contribution in [-0.4, -0.2) is 26.9 Å². The first kappa shape index (κ1) is 14.3. The van der Waals surface area contributed by atoms with Crippen molar-refractivity contribution in [2.45, 2.75) is 25.9 Å². The van der Waals surface area contributed by atoms with Gasteiger partial charge < -0.3 is 14.8 Å². The van der Waals surface area contributed by atoms with Gasteiger partial charge in [0.25, 0.3) is 0 Å². The van der Waals surface area contributed by atoms with Gasteiger partial charge in [-0.05, 0) is 24.6 Å². The lowest BCUT2D eigenvalue weighted by molar-refractivity contribution is 0.163. The highest BCUT2D eigenvalue weighted by molar-refractivity contribution is 6.30. The van der Waals surface area contributed by atoms with Crippen LogP contribution in [0.5, 0.6) is 5.75 Å². The van der Waals surface area contributed by atoms with Crippen LogP contribution in [0.4, 0.5) is 0 Å². The summed E-state index contributed by atoms with van der Waals surface area (Å²) in [7, 11) is 3.38. The molecule has 17 heavy (non-hydrogen) atoms. The van der Waals surface area contributed by atoms with E-state index < -0.39 is 0 Å². The summed E-state index contributed by atoms with van der Waals surface area (Å²) >= 11 is 5.98. The fourth-order valence-corrected chi connectivity index (χ4v) is 1.86. The standard InChI is InChI=1S/C13H20ClNO2/c1-4-12(9-16-2)15-8-10-7-11(14)5-6-13(10)17-3/h5-7,12,15H,4,8-9H2,1-3H3. The number of hydrogen-bond acceptors (Lipinski definition) is 3. The number of halogens is 1. The molecule has 0 fully saturated rings. The largest absolute Gasteiger partial charge is 0.496 e. The summed E-state index contributed by atoms with van der Waals surface area (Å²) in [5, 5.41) is 4.15. The van der Waals surface area contributed by atoms with Crippen LogP contribution in [0.1, 0.15) is 18.9 Å². The molecule has 0 spiro atoms. The van der Waals surface area contributed by atoms with E-state index in [1.54, 1.807) is 14.2 Å². The molecule has 1 rings (SSSR count). The SMILES string of the molecule is CCC(COC)NCc1cc(Cl)ccc1OC. The fourth-order valence-electron chi connectivity index (χ4n) is 1.66. The molecule has 0 heterocycles. The van der Waals surface area contributed by atoms with Crippen molar-refractivity contribution in [2.75, 3.05) is 20.8 Å². The van der Waals surface area contributed by atoms with Crippen LogP contribution < -0.4 is 10.1 Å². The van der Waals surface area contributed by atoms with E-state index >= 15 is 0 Å². The van der Waals surface area contributed by atoms with E-state index in [0.29, 0.717) is 12.6 Å². The third-order valence-electron chi connectivity index (χ3n) is 2.68. The minimum absolute atomic E-state index is 0.351. The summed E-state index contributed by atoms with van der Waals surface area (Å²) in [5.74, 6) is 0.856. The van der Waals surface area contributed by atoms with Gasteiger partial charge in [0.05, 0.1) is 13.7 Å². The summed E-state index contributed by atoms with van der Waals surface area (Å²) in [5.41, 5.74) is 1.06. The third-order valence-corrected chi connectivity index (χ3v) is 2.92. The molecule has 0 aliphatic heterocycles. The smallest absolute Gasteiger partial charge is 0.123 e. The van der Waals surface area contributed by atoms with Crippen LogP contribution in [0.25, 0.3) is 0 Å². The van der Waals surface area contributed by atoms with Crippen molar-refractivity contribution in [1.82, 2.24) is 5.32 Å². The Morgan fingerprint density at radius 1 is 1.35 bits per heavy atom. The molecule has 0 aliphatic rings. The maximum atomic E-state index is 5.98. The summed E-state index contributed by atoms with van der Waals surface area (Å²) < 4.78 is 10.4. The summed E-state index contributed by atoms with van der Waals surface area (Å²) in [6.45, 7) is 3.57. The van der Waals surface area contributed by atoms with Crippen LogP contribution in [0.2, 0.25) is 5.02 Å². The Kier molecular flexibility index (Phi) is 6.34. The Morgan fingerprint density at radius 3 is 2.71 bits per heavy atom. The first-order chi connectivity index (χ1) is 8.21. The Hall–Kier alpha value is -0.770. The van der Waals surface area contributed by atoms with Crippen molar-refractivity contribution in [3.63, 3.8) is 0 Å². The predicted molar refractivity (Wildman–Crippen MR) is 70.8 cm³/mol. The highest BCUT2D eigenvalue weighted by atomic mass is 35.5. The lowest BCUT2D eigenvalue weighted by Crippen LogP contribution is -2.32. The Labute approximate surface area is 108 Å². The Balaban J connectivity index is 2.63. The topological polar surface area (TPSA) is 30.5 Å². The lowest BCUT2D eigenvalue weighted by atomic mass is 10.1. The molecule has 0 aromatic heterocycles. The minimum atomic E-state index is 0.351. The number of ether oxygens (including phenoxy) is 2. The number of rotatable bonds is 7. The van der Waals surface area contributed by atoms with Crippen LogP contribution in [-0.2, 0) is 11.3 Å². The van der Waals surface area contributed by atoms with Crippen LogP contribution in [0, 0.1) is 0 Å². The molecule has 1 N–H and O–H groups in total. The number of benzene rings is 1.